The van der Waals surface area contributed by atoms with Crippen molar-refractivity contribution in [1.29, 1.82) is 0 Å². The fourth-order valence-corrected chi connectivity index (χ4v) is 4.04. The number of anilines is 1. The number of sulfonamides is 1. The van der Waals surface area contributed by atoms with E-state index in [2.05, 4.69) is 22.5 Å². The quantitative estimate of drug-likeness (QED) is 0.624. The summed E-state index contributed by atoms with van der Waals surface area (Å²) in [6.07, 6.45) is 1.55. The lowest BCUT2D eigenvalue weighted by molar-refractivity contribution is 0.354. The van der Waals surface area contributed by atoms with E-state index in [1.807, 2.05) is 19.1 Å². The molecular formula is C18H20BrNO4S. The highest BCUT2D eigenvalue weighted by Gasteiger charge is 2.25. The Labute approximate surface area is 157 Å². The third kappa shape index (κ3) is 3.99. The zero-order valence-corrected chi connectivity index (χ0v) is 16.7. The van der Waals surface area contributed by atoms with Crippen LogP contribution in [-0.2, 0) is 10.0 Å². The Kier molecular flexibility index (Phi) is 6.13. The Morgan fingerprint density at radius 2 is 1.80 bits per heavy atom. The molecule has 0 aliphatic carbocycles. The molecule has 0 unspecified atom stereocenters. The normalized spacial score (nSPS) is 11.0. The molecule has 134 valence electrons. The van der Waals surface area contributed by atoms with Crippen molar-refractivity contribution >= 4 is 31.6 Å². The lowest BCUT2D eigenvalue weighted by Crippen LogP contribution is -2.31. The van der Waals surface area contributed by atoms with Gasteiger partial charge in [0.2, 0.25) is 0 Å². The van der Waals surface area contributed by atoms with Gasteiger partial charge in [-0.05, 0) is 42.8 Å². The Hall–Kier alpha value is -1.99. The second-order valence-electron chi connectivity index (χ2n) is 5.28. The maximum absolute atomic E-state index is 13.2. The minimum absolute atomic E-state index is 0.118. The van der Waals surface area contributed by atoms with Gasteiger partial charge in [0, 0.05) is 10.5 Å². The summed E-state index contributed by atoms with van der Waals surface area (Å²) in [6, 6.07) is 9.91. The van der Waals surface area contributed by atoms with Crippen molar-refractivity contribution in [1.82, 2.24) is 0 Å². The zero-order valence-electron chi connectivity index (χ0n) is 14.3. The minimum atomic E-state index is -3.79. The number of halogens is 1. The minimum Gasteiger partial charge on any atom is -0.493 e. The highest BCUT2D eigenvalue weighted by atomic mass is 79.9. The van der Waals surface area contributed by atoms with Gasteiger partial charge in [-0.25, -0.2) is 8.42 Å². The first-order valence-electron chi connectivity index (χ1n) is 7.47. The average molecular weight is 426 g/mol. The van der Waals surface area contributed by atoms with Gasteiger partial charge in [-0.3, -0.25) is 4.31 Å². The van der Waals surface area contributed by atoms with Crippen molar-refractivity contribution in [2.45, 2.75) is 11.8 Å². The molecule has 0 bridgehead atoms. The lowest BCUT2D eigenvalue weighted by Gasteiger charge is -2.24. The van der Waals surface area contributed by atoms with Gasteiger partial charge >= 0.3 is 0 Å². The van der Waals surface area contributed by atoms with Gasteiger partial charge in [-0.1, -0.05) is 22.0 Å². The molecule has 0 N–H and O–H groups in total. The van der Waals surface area contributed by atoms with Gasteiger partial charge in [0.05, 0.1) is 31.3 Å². The summed E-state index contributed by atoms with van der Waals surface area (Å²) in [4.78, 5) is 0.118. The predicted octanol–water partition coefficient (Wildman–Crippen LogP) is 4.16. The van der Waals surface area contributed by atoms with Crippen molar-refractivity contribution in [2.75, 3.05) is 25.1 Å². The molecule has 0 saturated heterocycles. The summed E-state index contributed by atoms with van der Waals surface area (Å²) < 4.78 is 38.9. The highest BCUT2D eigenvalue weighted by molar-refractivity contribution is 9.10. The number of hydrogen-bond acceptors (Lipinski definition) is 4. The van der Waals surface area contributed by atoms with Crippen LogP contribution in [0.1, 0.15) is 5.56 Å². The summed E-state index contributed by atoms with van der Waals surface area (Å²) in [7, 11) is -0.825. The molecule has 0 aromatic heterocycles. The Morgan fingerprint density at radius 3 is 2.36 bits per heavy atom. The molecule has 0 aliphatic heterocycles. The Bertz CT molecular complexity index is 881. The standard InChI is InChI=1S/C18H20BrNO4S/c1-5-10-20(14-6-8-16(19)13(2)11-14)25(21,22)15-7-9-17(23-3)18(12-15)24-4/h5-9,11-12H,1,10H2,2-4H3. The third-order valence-corrected chi connectivity index (χ3v) is 6.35. The molecule has 2 aromatic carbocycles. The van der Waals surface area contributed by atoms with Crippen LogP contribution in [0.3, 0.4) is 0 Å². The molecule has 0 spiro atoms. The van der Waals surface area contributed by atoms with Gasteiger partial charge in [-0.15, -0.1) is 6.58 Å². The topological polar surface area (TPSA) is 55.8 Å². The van der Waals surface area contributed by atoms with Crippen LogP contribution in [0.25, 0.3) is 0 Å². The number of methoxy groups -OCH3 is 2. The average Bonchev–Trinajstić information content (AvgIpc) is 2.61. The Morgan fingerprint density at radius 1 is 1.12 bits per heavy atom. The van der Waals surface area contributed by atoms with Gasteiger partial charge in [0.1, 0.15) is 0 Å². The molecule has 2 rings (SSSR count). The summed E-state index contributed by atoms with van der Waals surface area (Å²) in [6.45, 7) is 5.73. The number of hydrogen-bond donors (Lipinski definition) is 0. The first kappa shape index (κ1) is 19.3. The van der Waals surface area contributed by atoms with Crippen LogP contribution in [-0.4, -0.2) is 29.2 Å². The largest absolute Gasteiger partial charge is 0.493 e. The van der Waals surface area contributed by atoms with E-state index in [0.29, 0.717) is 17.2 Å². The van der Waals surface area contributed by atoms with Gasteiger partial charge < -0.3 is 9.47 Å². The Balaban J connectivity index is 2.56. The summed E-state index contributed by atoms with van der Waals surface area (Å²) in [5, 5.41) is 0. The summed E-state index contributed by atoms with van der Waals surface area (Å²) >= 11 is 3.43. The molecule has 0 saturated carbocycles. The maximum Gasteiger partial charge on any atom is 0.264 e. The van der Waals surface area contributed by atoms with Crippen molar-refractivity contribution < 1.29 is 17.9 Å². The molecule has 0 amide bonds. The number of benzene rings is 2. The SMILES string of the molecule is C=CCN(c1ccc(Br)c(C)c1)S(=O)(=O)c1ccc(OC)c(OC)c1. The van der Waals surface area contributed by atoms with E-state index in [9.17, 15) is 8.42 Å². The van der Waals surface area contributed by atoms with Crippen LogP contribution in [0.4, 0.5) is 5.69 Å². The van der Waals surface area contributed by atoms with Gasteiger partial charge in [0.15, 0.2) is 11.5 Å². The monoisotopic (exact) mass is 425 g/mol. The lowest BCUT2D eigenvalue weighted by atomic mass is 10.2. The van der Waals surface area contributed by atoms with E-state index >= 15 is 0 Å². The van der Waals surface area contributed by atoms with Crippen molar-refractivity contribution in [3.05, 3.63) is 59.1 Å². The fourth-order valence-electron chi connectivity index (χ4n) is 2.35. The molecule has 2 aromatic rings. The second-order valence-corrected chi connectivity index (χ2v) is 7.99. The second kappa shape index (κ2) is 7.93. The van der Waals surface area contributed by atoms with Crippen molar-refractivity contribution in [3.8, 4) is 11.5 Å². The molecule has 7 heteroatoms. The zero-order chi connectivity index (χ0) is 18.6. The number of nitrogens with zero attached hydrogens (tertiary/aromatic N) is 1. The van der Waals surface area contributed by atoms with E-state index < -0.39 is 10.0 Å². The molecule has 0 aliphatic rings. The highest BCUT2D eigenvalue weighted by Crippen LogP contribution is 2.33. The van der Waals surface area contributed by atoms with E-state index in [1.165, 1.54) is 30.7 Å². The molecule has 0 heterocycles. The summed E-state index contributed by atoms with van der Waals surface area (Å²) in [5.41, 5.74) is 1.50. The van der Waals surface area contributed by atoms with E-state index in [-0.39, 0.29) is 11.4 Å². The van der Waals surface area contributed by atoms with Crippen LogP contribution in [0.15, 0.2) is 58.4 Å². The predicted molar refractivity (Wildman–Crippen MR) is 103 cm³/mol. The number of ether oxygens (including phenoxy) is 2. The van der Waals surface area contributed by atoms with E-state index in [4.69, 9.17) is 9.47 Å². The molecule has 25 heavy (non-hydrogen) atoms. The smallest absolute Gasteiger partial charge is 0.264 e. The number of aryl methyl sites for hydroxylation is 1. The van der Waals surface area contributed by atoms with Crippen molar-refractivity contribution in [2.24, 2.45) is 0 Å². The fraction of sp³-hybridized carbons (Fsp3) is 0.222. The molecule has 0 radical (unpaired) electrons. The first-order valence-corrected chi connectivity index (χ1v) is 9.70. The maximum atomic E-state index is 13.2. The van der Waals surface area contributed by atoms with Crippen molar-refractivity contribution in [3.63, 3.8) is 0 Å². The van der Waals surface area contributed by atoms with Gasteiger partial charge in [0.25, 0.3) is 10.0 Å². The first-order chi connectivity index (χ1) is 11.8. The van der Waals surface area contributed by atoms with E-state index in [0.717, 1.165) is 10.0 Å². The summed E-state index contributed by atoms with van der Waals surface area (Å²) in [5.74, 6) is 0.824. The molecule has 5 nitrogen and oxygen atoms in total. The number of rotatable bonds is 7. The van der Waals surface area contributed by atoms with Crippen LogP contribution in [0, 0.1) is 6.92 Å². The molecule has 0 fully saturated rings. The van der Waals surface area contributed by atoms with Crippen LogP contribution < -0.4 is 13.8 Å². The molecular weight excluding hydrogens is 406 g/mol. The molecule has 0 atom stereocenters. The van der Waals surface area contributed by atoms with E-state index in [1.54, 1.807) is 18.2 Å². The van der Waals surface area contributed by atoms with Crippen LogP contribution >= 0.6 is 15.9 Å². The third-order valence-electron chi connectivity index (χ3n) is 3.67. The van der Waals surface area contributed by atoms with Crippen LogP contribution in [0.5, 0.6) is 11.5 Å². The van der Waals surface area contributed by atoms with Crippen LogP contribution in [0.2, 0.25) is 0 Å². The van der Waals surface area contributed by atoms with Gasteiger partial charge in [-0.2, -0.15) is 0 Å².